The topological polar surface area (TPSA) is 17.1 Å². The second kappa shape index (κ2) is 3.62. The Morgan fingerprint density at radius 3 is 2.60 bits per heavy atom. The summed E-state index contributed by atoms with van der Waals surface area (Å²) in [6.45, 7) is 0. The zero-order valence-electron chi connectivity index (χ0n) is 5.45. The van der Waals surface area contributed by atoms with Gasteiger partial charge in [0.2, 0.25) is 0 Å². The molecule has 1 nitrogen and oxygen atoms in total. The van der Waals surface area contributed by atoms with Crippen LogP contribution in [0.5, 0.6) is 0 Å². The minimum atomic E-state index is 0.761. The third kappa shape index (κ3) is 1.86. The first-order chi connectivity index (χ1) is 4.93. The number of carbonyl (C=O) groups is 1. The molecule has 0 saturated heterocycles. The van der Waals surface area contributed by atoms with Gasteiger partial charge in [0.1, 0.15) is 6.29 Å². The Balaban J connectivity index is 2.76. The van der Waals surface area contributed by atoms with Gasteiger partial charge in [-0.2, -0.15) is 0 Å². The summed E-state index contributed by atoms with van der Waals surface area (Å²) in [5, 5.41) is 0. The van der Waals surface area contributed by atoms with Crippen molar-refractivity contribution in [2.45, 2.75) is 0 Å². The fourth-order valence-corrected chi connectivity index (χ4v) is 0.661. The van der Waals surface area contributed by atoms with E-state index in [9.17, 15) is 4.79 Å². The number of allylic oxidation sites excluding steroid dienone is 1. The van der Waals surface area contributed by atoms with E-state index >= 15 is 0 Å². The van der Waals surface area contributed by atoms with Crippen molar-refractivity contribution in [3.05, 3.63) is 42.0 Å². The molecule has 1 aromatic rings. The molecule has 0 aliphatic rings. The van der Waals surface area contributed by atoms with Gasteiger partial charge in [-0.05, 0) is 17.7 Å². The third-order valence-electron chi connectivity index (χ3n) is 1.11. The van der Waals surface area contributed by atoms with Crippen LogP contribution in [0.1, 0.15) is 5.56 Å². The van der Waals surface area contributed by atoms with E-state index in [4.69, 9.17) is 0 Å². The number of aldehydes is 1. The lowest BCUT2D eigenvalue weighted by molar-refractivity contribution is -0.104. The normalized spacial score (nSPS) is 10.0. The molecule has 0 amide bonds. The summed E-state index contributed by atoms with van der Waals surface area (Å²) in [6.07, 6.45) is 3.98. The molecule has 0 aromatic heterocycles. The predicted molar refractivity (Wildman–Crippen MR) is 40.4 cm³/mol. The maximum atomic E-state index is 9.88. The first-order valence-electron chi connectivity index (χ1n) is 3.01. The SMILES string of the molecule is O=CC=Cc1cc[c]cc1. The van der Waals surface area contributed by atoms with Gasteiger partial charge in [0, 0.05) is 0 Å². The highest BCUT2D eigenvalue weighted by Gasteiger charge is 1.79. The summed E-state index contributed by atoms with van der Waals surface area (Å²) in [7, 11) is 0. The smallest absolute Gasteiger partial charge is 0.142 e. The fraction of sp³-hybridized carbons (Fsp3) is 0. The molecular weight excluding hydrogens is 124 g/mol. The van der Waals surface area contributed by atoms with Crippen LogP contribution in [0, 0.1) is 6.07 Å². The maximum Gasteiger partial charge on any atom is 0.142 e. The quantitative estimate of drug-likeness (QED) is 0.441. The molecule has 0 aliphatic heterocycles. The largest absolute Gasteiger partial charge is 0.299 e. The lowest BCUT2D eigenvalue weighted by Gasteiger charge is -1.86. The molecule has 1 rings (SSSR count). The van der Waals surface area contributed by atoms with Gasteiger partial charge in [0.25, 0.3) is 0 Å². The van der Waals surface area contributed by atoms with Crippen molar-refractivity contribution in [3.63, 3.8) is 0 Å². The van der Waals surface area contributed by atoms with Crippen molar-refractivity contribution in [2.75, 3.05) is 0 Å². The summed E-state index contributed by atoms with van der Waals surface area (Å²) >= 11 is 0. The summed E-state index contributed by atoms with van der Waals surface area (Å²) in [5.74, 6) is 0. The first kappa shape index (κ1) is 6.75. The Morgan fingerprint density at radius 1 is 1.30 bits per heavy atom. The molecule has 0 bridgehead atoms. The zero-order chi connectivity index (χ0) is 7.23. The highest BCUT2D eigenvalue weighted by atomic mass is 16.1. The summed E-state index contributed by atoms with van der Waals surface area (Å²) in [6, 6.07) is 10.3. The Bertz CT molecular complexity index is 224. The van der Waals surface area contributed by atoms with Gasteiger partial charge < -0.3 is 0 Å². The monoisotopic (exact) mass is 131 g/mol. The van der Waals surface area contributed by atoms with Crippen LogP contribution >= 0.6 is 0 Å². The molecule has 0 fully saturated rings. The lowest BCUT2D eigenvalue weighted by atomic mass is 10.2. The van der Waals surface area contributed by atoms with Crippen molar-refractivity contribution in [1.29, 1.82) is 0 Å². The van der Waals surface area contributed by atoms with Crippen molar-refractivity contribution < 1.29 is 4.79 Å². The maximum absolute atomic E-state index is 9.88. The van der Waals surface area contributed by atoms with Crippen LogP contribution in [0.25, 0.3) is 6.08 Å². The van der Waals surface area contributed by atoms with Crippen LogP contribution in [-0.2, 0) is 4.79 Å². The second-order valence-corrected chi connectivity index (χ2v) is 1.83. The van der Waals surface area contributed by atoms with E-state index in [0.717, 1.165) is 11.8 Å². The molecule has 49 valence electrons. The molecule has 0 N–H and O–H groups in total. The summed E-state index contributed by atoms with van der Waals surface area (Å²) in [5.41, 5.74) is 1.02. The standard InChI is InChI=1S/C9H7O/c10-8-4-7-9-5-2-1-3-6-9/h2-8H. The summed E-state index contributed by atoms with van der Waals surface area (Å²) in [4.78, 5) is 9.88. The minimum Gasteiger partial charge on any atom is -0.299 e. The molecule has 1 aromatic carbocycles. The number of hydrogen-bond donors (Lipinski definition) is 0. The fourth-order valence-electron chi connectivity index (χ4n) is 0.661. The van der Waals surface area contributed by atoms with Crippen molar-refractivity contribution in [1.82, 2.24) is 0 Å². The van der Waals surface area contributed by atoms with Crippen LogP contribution in [0.3, 0.4) is 0 Å². The molecule has 0 unspecified atom stereocenters. The van der Waals surface area contributed by atoms with Crippen LogP contribution in [0.4, 0.5) is 0 Å². The first-order valence-corrected chi connectivity index (χ1v) is 3.01. The van der Waals surface area contributed by atoms with Crippen LogP contribution in [0.2, 0.25) is 0 Å². The van der Waals surface area contributed by atoms with Crippen LogP contribution in [0.15, 0.2) is 30.3 Å². The number of carbonyl (C=O) groups excluding carboxylic acids is 1. The van der Waals surface area contributed by atoms with E-state index in [1.54, 1.807) is 6.08 Å². The van der Waals surface area contributed by atoms with E-state index in [2.05, 4.69) is 6.07 Å². The average molecular weight is 131 g/mol. The number of hydrogen-bond acceptors (Lipinski definition) is 1. The van der Waals surface area contributed by atoms with E-state index < -0.39 is 0 Å². The Hall–Kier alpha value is -1.37. The lowest BCUT2D eigenvalue weighted by Crippen LogP contribution is -1.68. The van der Waals surface area contributed by atoms with Crippen molar-refractivity contribution >= 4 is 12.4 Å². The summed E-state index contributed by atoms with van der Waals surface area (Å²) < 4.78 is 0. The van der Waals surface area contributed by atoms with Gasteiger partial charge in [-0.15, -0.1) is 0 Å². The Morgan fingerprint density at radius 2 is 2.00 bits per heavy atom. The van der Waals surface area contributed by atoms with Gasteiger partial charge in [-0.1, -0.05) is 30.3 Å². The molecule has 0 heterocycles. The Kier molecular flexibility index (Phi) is 2.44. The minimum absolute atomic E-state index is 0.761. The van der Waals surface area contributed by atoms with Crippen molar-refractivity contribution in [3.8, 4) is 0 Å². The van der Waals surface area contributed by atoms with Gasteiger partial charge in [-0.3, -0.25) is 4.79 Å². The molecule has 0 aliphatic carbocycles. The molecule has 1 heteroatoms. The third-order valence-corrected chi connectivity index (χ3v) is 1.11. The molecular formula is C9H7O. The van der Waals surface area contributed by atoms with E-state index in [1.807, 2.05) is 24.3 Å². The van der Waals surface area contributed by atoms with Gasteiger partial charge in [0.15, 0.2) is 0 Å². The highest BCUT2D eigenvalue weighted by Crippen LogP contribution is 1.98. The van der Waals surface area contributed by atoms with E-state index in [-0.39, 0.29) is 0 Å². The number of benzene rings is 1. The van der Waals surface area contributed by atoms with Gasteiger partial charge >= 0.3 is 0 Å². The molecule has 0 spiro atoms. The van der Waals surface area contributed by atoms with Gasteiger partial charge in [0.05, 0.1) is 0 Å². The van der Waals surface area contributed by atoms with E-state index in [0.29, 0.717) is 0 Å². The Labute approximate surface area is 60.0 Å². The molecule has 0 atom stereocenters. The predicted octanol–water partition coefficient (Wildman–Crippen LogP) is 1.70. The highest BCUT2D eigenvalue weighted by molar-refractivity contribution is 5.73. The molecule has 10 heavy (non-hydrogen) atoms. The number of rotatable bonds is 2. The van der Waals surface area contributed by atoms with E-state index in [1.165, 1.54) is 6.08 Å². The molecule has 1 radical (unpaired) electrons. The zero-order valence-corrected chi connectivity index (χ0v) is 5.45. The molecule has 0 saturated carbocycles. The van der Waals surface area contributed by atoms with Crippen molar-refractivity contribution in [2.24, 2.45) is 0 Å². The second-order valence-electron chi connectivity index (χ2n) is 1.83. The van der Waals surface area contributed by atoms with Gasteiger partial charge in [-0.25, -0.2) is 0 Å². The average Bonchev–Trinajstić information content (AvgIpc) is 2.03. The van der Waals surface area contributed by atoms with Crippen LogP contribution in [-0.4, -0.2) is 6.29 Å². The van der Waals surface area contributed by atoms with Crippen LogP contribution < -0.4 is 0 Å².